The summed E-state index contributed by atoms with van der Waals surface area (Å²) in [5.74, 6) is -0.720. The van der Waals surface area contributed by atoms with Gasteiger partial charge >= 0.3 is 0 Å². The number of ketones is 1. The zero-order chi connectivity index (χ0) is 17.8. The maximum absolute atomic E-state index is 12.5. The SMILES string of the molecule is COc1ccc(CCNC(=O)[C@@H]2CC(=O)NC3=CCCC(=O)[C@H]32)cc1. The highest BCUT2D eigenvalue weighted by atomic mass is 16.5. The van der Waals surface area contributed by atoms with E-state index < -0.39 is 11.8 Å². The molecular formula is C19H22N2O4. The number of hydrogen-bond acceptors (Lipinski definition) is 4. The quantitative estimate of drug-likeness (QED) is 0.846. The first kappa shape index (κ1) is 17.2. The fourth-order valence-electron chi connectivity index (χ4n) is 3.42. The number of carbonyl (C=O) groups is 3. The average molecular weight is 342 g/mol. The molecule has 6 heteroatoms. The van der Waals surface area contributed by atoms with Gasteiger partial charge in [-0.05, 0) is 30.5 Å². The summed E-state index contributed by atoms with van der Waals surface area (Å²) in [7, 11) is 1.62. The highest BCUT2D eigenvalue weighted by molar-refractivity contribution is 5.97. The topological polar surface area (TPSA) is 84.5 Å². The van der Waals surface area contributed by atoms with Gasteiger partial charge in [-0.1, -0.05) is 18.2 Å². The van der Waals surface area contributed by atoms with E-state index in [0.29, 0.717) is 31.5 Å². The summed E-state index contributed by atoms with van der Waals surface area (Å²) in [5, 5.41) is 5.61. The maximum atomic E-state index is 12.5. The van der Waals surface area contributed by atoms with Crippen molar-refractivity contribution in [1.29, 1.82) is 0 Å². The number of rotatable bonds is 5. The second-order valence-corrected chi connectivity index (χ2v) is 6.39. The van der Waals surface area contributed by atoms with E-state index in [1.54, 1.807) is 7.11 Å². The summed E-state index contributed by atoms with van der Waals surface area (Å²) in [6.45, 7) is 0.462. The molecule has 1 heterocycles. The highest BCUT2D eigenvalue weighted by Crippen LogP contribution is 2.32. The third-order valence-electron chi connectivity index (χ3n) is 4.74. The molecule has 0 spiro atoms. The number of piperidine rings is 1. The van der Waals surface area contributed by atoms with E-state index in [-0.39, 0.29) is 24.0 Å². The fourth-order valence-corrected chi connectivity index (χ4v) is 3.42. The van der Waals surface area contributed by atoms with Gasteiger partial charge in [-0.2, -0.15) is 0 Å². The summed E-state index contributed by atoms with van der Waals surface area (Å²) in [6.07, 6.45) is 3.65. The molecule has 132 valence electrons. The molecule has 2 aliphatic rings. The number of carbonyl (C=O) groups excluding carboxylic acids is 3. The van der Waals surface area contributed by atoms with Crippen LogP contribution in [0.4, 0.5) is 0 Å². The Labute approximate surface area is 146 Å². The molecule has 1 saturated heterocycles. The van der Waals surface area contributed by atoms with E-state index in [1.165, 1.54) is 0 Å². The molecule has 1 aromatic rings. The molecule has 1 aliphatic carbocycles. The van der Waals surface area contributed by atoms with Gasteiger partial charge in [0.2, 0.25) is 11.8 Å². The summed E-state index contributed by atoms with van der Waals surface area (Å²) in [5.41, 5.74) is 1.68. The normalized spacial score (nSPS) is 22.5. The van der Waals surface area contributed by atoms with E-state index in [1.807, 2.05) is 30.3 Å². The van der Waals surface area contributed by atoms with Gasteiger partial charge < -0.3 is 15.4 Å². The predicted octanol–water partition coefficient (Wildman–Crippen LogP) is 1.35. The first-order valence-electron chi connectivity index (χ1n) is 8.51. The molecule has 2 N–H and O–H groups in total. The minimum Gasteiger partial charge on any atom is -0.497 e. The van der Waals surface area contributed by atoms with Gasteiger partial charge in [0.15, 0.2) is 0 Å². The Bertz CT molecular complexity index is 709. The Morgan fingerprint density at radius 2 is 2.04 bits per heavy atom. The Balaban J connectivity index is 1.59. The monoisotopic (exact) mass is 342 g/mol. The van der Waals surface area contributed by atoms with E-state index in [2.05, 4.69) is 10.6 Å². The molecule has 2 atom stereocenters. The molecule has 6 nitrogen and oxygen atoms in total. The van der Waals surface area contributed by atoms with Gasteiger partial charge in [0.1, 0.15) is 11.5 Å². The number of allylic oxidation sites excluding steroid dienone is 2. The first-order valence-corrected chi connectivity index (χ1v) is 8.51. The molecule has 1 aromatic carbocycles. The molecule has 0 saturated carbocycles. The van der Waals surface area contributed by atoms with E-state index >= 15 is 0 Å². The number of ether oxygens (including phenoxy) is 1. The van der Waals surface area contributed by atoms with Crippen LogP contribution < -0.4 is 15.4 Å². The smallest absolute Gasteiger partial charge is 0.224 e. The molecular weight excluding hydrogens is 320 g/mol. The van der Waals surface area contributed by atoms with Gasteiger partial charge in [-0.15, -0.1) is 0 Å². The van der Waals surface area contributed by atoms with Crippen molar-refractivity contribution in [2.75, 3.05) is 13.7 Å². The zero-order valence-corrected chi connectivity index (χ0v) is 14.2. The Kier molecular flexibility index (Phi) is 5.16. The van der Waals surface area contributed by atoms with Crippen molar-refractivity contribution in [3.63, 3.8) is 0 Å². The van der Waals surface area contributed by atoms with Crippen molar-refractivity contribution >= 4 is 17.6 Å². The van der Waals surface area contributed by atoms with Crippen LogP contribution in [0, 0.1) is 11.8 Å². The van der Waals surface area contributed by atoms with Gasteiger partial charge in [0.25, 0.3) is 0 Å². The standard InChI is InChI=1S/C19H22N2O4/c1-25-13-7-5-12(6-8-13)9-10-20-19(24)14-11-17(23)21-15-3-2-4-16(22)18(14)15/h3,5-8,14,18H,2,4,9-11H2,1H3,(H,20,24)(H,21,23)/t14-,18+/m1/s1. The number of methoxy groups -OCH3 is 1. The molecule has 2 amide bonds. The molecule has 25 heavy (non-hydrogen) atoms. The molecule has 3 rings (SSSR count). The van der Waals surface area contributed by atoms with Crippen LogP contribution in [-0.2, 0) is 20.8 Å². The third-order valence-corrected chi connectivity index (χ3v) is 4.74. The lowest BCUT2D eigenvalue weighted by atomic mass is 9.76. The fraction of sp³-hybridized carbons (Fsp3) is 0.421. The molecule has 0 bridgehead atoms. The summed E-state index contributed by atoms with van der Waals surface area (Å²) in [4.78, 5) is 36.6. The van der Waals surface area contributed by atoms with Crippen LogP contribution in [0.5, 0.6) is 5.75 Å². The number of fused-ring (bicyclic) bond motifs is 1. The second-order valence-electron chi connectivity index (χ2n) is 6.39. The minimum atomic E-state index is -0.608. The highest BCUT2D eigenvalue weighted by Gasteiger charge is 2.42. The van der Waals surface area contributed by atoms with Gasteiger partial charge in [0.05, 0.1) is 18.9 Å². The number of benzene rings is 1. The number of amides is 2. The lowest BCUT2D eigenvalue weighted by Crippen LogP contribution is -2.49. The summed E-state index contributed by atoms with van der Waals surface area (Å²) >= 11 is 0. The van der Waals surface area contributed by atoms with Crippen LogP contribution in [-0.4, -0.2) is 31.3 Å². The van der Waals surface area contributed by atoms with Crippen molar-refractivity contribution in [3.8, 4) is 5.75 Å². The third kappa shape index (κ3) is 3.90. The Morgan fingerprint density at radius 3 is 2.76 bits per heavy atom. The Morgan fingerprint density at radius 1 is 1.28 bits per heavy atom. The van der Waals surface area contributed by atoms with Crippen molar-refractivity contribution in [2.45, 2.75) is 25.7 Å². The molecule has 0 aromatic heterocycles. The van der Waals surface area contributed by atoms with Crippen LogP contribution in [0.3, 0.4) is 0 Å². The van der Waals surface area contributed by atoms with Crippen molar-refractivity contribution in [1.82, 2.24) is 10.6 Å². The maximum Gasteiger partial charge on any atom is 0.224 e. The van der Waals surface area contributed by atoms with Crippen molar-refractivity contribution in [3.05, 3.63) is 41.6 Å². The zero-order valence-electron chi connectivity index (χ0n) is 14.2. The molecule has 0 radical (unpaired) electrons. The number of hydrogen-bond donors (Lipinski definition) is 2. The van der Waals surface area contributed by atoms with Crippen LogP contribution in [0.1, 0.15) is 24.8 Å². The van der Waals surface area contributed by atoms with Crippen LogP contribution in [0.25, 0.3) is 0 Å². The lowest BCUT2D eigenvalue weighted by molar-refractivity contribution is -0.138. The molecule has 0 unspecified atom stereocenters. The Hall–Kier alpha value is -2.63. The summed E-state index contributed by atoms with van der Waals surface area (Å²) in [6, 6.07) is 7.65. The van der Waals surface area contributed by atoms with Crippen LogP contribution >= 0.6 is 0 Å². The predicted molar refractivity (Wildman–Crippen MR) is 91.8 cm³/mol. The summed E-state index contributed by atoms with van der Waals surface area (Å²) < 4.78 is 5.12. The molecule has 1 fully saturated rings. The number of Topliss-reactive ketones (excluding diaryl/α,β-unsaturated/α-hetero) is 1. The average Bonchev–Trinajstić information content (AvgIpc) is 2.61. The van der Waals surface area contributed by atoms with Crippen LogP contribution in [0.15, 0.2) is 36.0 Å². The first-order chi connectivity index (χ1) is 12.1. The minimum absolute atomic E-state index is 0.0350. The largest absolute Gasteiger partial charge is 0.497 e. The molecule has 1 aliphatic heterocycles. The van der Waals surface area contributed by atoms with E-state index in [4.69, 9.17) is 4.74 Å². The van der Waals surface area contributed by atoms with Gasteiger partial charge in [0, 0.05) is 25.1 Å². The van der Waals surface area contributed by atoms with Crippen molar-refractivity contribution in [2.24, 2.45) is 11.8 Å². The van der Waals surface area contributed by atoms with Crippen LogP contribution in [0.2, 0.25) is 0 Å². The van der Waals surface area contributed by atoms with Crippen molar-refractivity contribution < 1.29 is 19.1 Å². The van der Waals surface area contributed by atoms with E-state index in [0.717, 1.165) is 11.3 Å². The lowest BCUT2D eigenvalue weighted by Gasteiger charge is -2.34. The van der Waals surface area contributed by atoms with Gasteiger partial charge in [-0.3, -0.25) is 14.4 Å². The second kappa shape index (κ2) is 7.51. The van der Waals surface area contributed by atoms with Gasteiger partial charge in [-0.25, -0.2) is 0 Å². The number of nitrogens with one attached hydrogen (secondary N) is 2. The van der Waals surface area contributed by atoms with E-state index in [9.17, 15) is 14.4 Å².